The Kier molecular flexibility index (Phi) is 5.14. The summed E-state index contributed by atoms with van der Waals surface area (Å²) in [5.74, 6) is 3.18. The number of fused-ring (bicyclic) bond motifs is 1. The molecule has 0 spiro atoms. The number of aryl methyl sites for hydroxylation is 1. The molecule has 138 valence electrons. The van der Waals surface area contributed by atoms with Gasteiger partial charge in [-0.15, -0.1) is 10.2 Å². The molecule has 1 aliphatic heterocycles. The van der Waals surface area contributed by atoms with Gasteiger partial charge in [0.1, 0.15) is 17.3 Å². The Balaban J connectivity index is 1.37. The monoisotopic (exact) mass is 362 g/mol. The van der Waals surface area contributed by atoms with Crippen molar-refractivity contribution in [2.24, 2.45) is 0 Å². The van der Waals surface area contributed by atoms with Crippen LogP contribution in [0.15, 0.2) is 54.6 Å². The quantitative estimate of drug-likeness (QED) is 0.751. The molecule has 0 fully saturated rings. The standard InChI is InChI=1S/C21H22N4O2/c26-21(22-15-20-24-23-19-9-5-2-6-14-25(19)20)16-10-12-18(13-11-16)27-17-7-3-1-4-8-17/h1,3-4,7-8,10-13H,2,5-6,9,14-15H2,(H,22,26). The number of amides is 1. The van der Waals surface area contributed by atoms with E-state index in [0.717, 1.165) is 43.2 Å². The van der Waals surface area contributed by atoms with E-state index in [1.54, 1.807) is 24.3 Å². The minimum atomic E-state index is -0.132. The largest absolute Gasteiger partial charge is 0.457 e. The number of ether oxygens (including phenoxy) is 1. The molecule has 0 saturated carbocycles. The van der Waals surface area contributed by atoms with E-state index in [0.29, 0.717) is 17.9 Å². The van der Waals surface area contributed by atoms with Gasteiger partial charge in [0.15, 0.2) is 5.82 Å². The third kappa shape index (κ3) is 4.16. The average Bonchev–Trinajstić information content (AvgIpc) is 2.93. The summed E-state index contributed by atoms with van der Waals surface area (Å²) in [7, 11) is 0. The Hall–Kier alpha value is -3.15. The topological polar surface area (TPSA) is 69.0 Å². The first-order valence-electron chi connectivity index (χ1n) is 9.32. The number of aromatic nitrogens is 3. The summed E-state index contributed by atoms with van der Waals surface area (Å²) < 4.78 is 7.90. The van der Waals surface area contributed by atoms with Gasteiger partial charge in [-0.05, 0) is 49.2 Å². The lowest BCUT2D eigenvalue weighted by Gasteiger charge is -2.09. The van der Waals surface area contributed by atoms with Crippen molar-refractivity contribution in [2.45, 2.75) is 38.8 Å². The van der Waals surface area contributed by atoms with Crippen molar-refractivity contribution in [3.63, 3.8) is 0 Å². The zero-order chi connectivity index (χ0) is 18.5. The lowest BCUT2D eigenvalue weighted by molar-refractivity contribution is 0.0949. The van der Waals surface area contributed by atoms with E-state index in [9.17, 15) is 4.79 Å². The molecule has 1 aromatic heterocycles. The summed E-state index contributed by atoms with van der Waals surface area (Å²) >= 11 is 0. The fourth-order valence-corrected chi connectivity index (χ4v) is 3.24. The fourth-order valence-electron chi connectivity index (χ4n) is 3.24. The number of carbonyl (C=O) groups excluding carboxylic acids is 1. The molecule has 0 saturated heterocycles. The van der Waals surface area contributed by atoms with Gasteiger partial charge in [-0.25, -0.2) is 0 Å². The van der Waals surface area contributed by atoms with E-state index < -0.39 is 0 Å². The van der Waals surface area contributed by atoms with Crippen molar-refractivity contribution in [3.05, 3.63) is 71.8 Å². The Morgan fingerprint density at radius 3 is 2.56 bits per heavy atom. The van der Waals surface area contributed by atoms with E-state index >= 15 is 0 Å². The van der Waals surface area contributed by atoms with Crippen LogP contribution in [0.3, 0.4) is 0 Å². The second-order valence-electron chi connectivity index (χ2n) is 6.62. The van der Waals surface area contributed by atoms with Gasteiger partial charge in [0.05, 0.1) is 6.54 Å². The summed E-state index contributed by atoms with van der Waals surface area (Å²) in [5.41, 5.74) is 0.589. The van der Waals surface area contributed by atoms with Gasteiger partial charge >= 0.3 is 0 Å². The van der Waals surface area contributed by atoms with E-state index in [1.165, 1.54) is 6.42 Å². The van der Waals surface area contributed by atoms with Gasteiger partial charge in [0.25, 0.3) is 5.91 Å². The predicted molar refractivity (Wildman–Crippen MR) is 102 cm³/mol. The van der Waals surface area contributed by atoms with E-state index in [-0.39, 0.29) is 5.91 Å². The number of hydrogen-bond donors (Lipinski definition) is 1. The van der Waals surface area contributed by atoms with Crippen LogP contribution in [-0.4, -0.2) is 20.7 Å². The number of hydrogen-bond acceptors (Lipinski definition) is 4. The molecule has 1 aliphatic rings. The van der Waals surface area contributed by atoms with Crippen LogP contribution in [0.5, 0.6) is 11.5 Å². The van der Waals surface area contributed by atoms with Gasteiger partial charge in [0, 0.05) is 18.5 Å². The highest BCUT2D eigenvalue weighted by molar-refractivity contribution is 5.94. The fraction of sp³-hybridized carbons (Fsp3) is 0.286. The molecule has 2 aromatic carbocycles. The molecule has 1 amide bonds. The number of nitrogens with zero attached hydrogens (tertiary/aromatic N) is 3. The maximum absolute atomic E-state index is 12.4. The summed E-state index contributed by atoms with van der Waals surface area (Å²) in [6, 6.07) is 16.7. The van der Waals surface area contributed by atoms with Crippen LogP contribution in [0.25, 0.3) is 0 Å². The van der Waals surface area contributed by atoms with Crippen LogP contribution in [0, 0.1) is 0 Å². The maximum atomic E-state index is 12.4. The number of nitrogens with one attached hydrogen (secondary N) is 1. The van der Waals surface area contributed by atoms with Crippen LogP contribution < -0.4 is 10.1 Å². The minimum absolute atomic E-state index is 0.132. The molecular formula is C21H22N4O2. The van der Waals surface area contributed by atoms with Crippen LogP contribution in [0.2, 0.25) is 0 Å². The van der Waals surface area contributed by atoms with Crippen LogP contribution in [-0.2, 0) is 19.5 Å². The zero-order valence-corrected chi connectivity index (χ0v) is 15.1. The average molecular weight is 362 g/mol. The second kappa shape index (κ2) is 8.03. The van der Waals surface area contributed by atoms with Crippen LogP contribution in [0.1, 0.15) is 41.3 Å². The molecular weight excluding hydrogens is 340 g/mol. The predicted octanol–water partition coefficient (Wildman–Crippen LogP) is 3.73. The highest BCUT2D eigenvalue weighted by Gasteiger charge is 2.15. The maximum Gasteiger partial charge on any atom is 0.251 e. The molecule has 1 N–H and O–H groups in total. The highest BCUT2D eigenvalue weighted by Crippen LogP contribution is 2.21. The number of benzene rings is 2. The highest BCUT2D eigenvalue weighted by atomic mass is 16.5. The lowest BCUT2D eigenvalue weighted by Crippen LogP contribution is -2.25. The first-order chi connectivity index (χ1) is 13.3. The van der Waals surface area contributed by atoms with Crippen LogP contribution >= 0.6 is 0 Å². The Morgan fingerprint density at radius 1 is 0.963 bits per heavy atom. The van der Waals surface area contributed by atoms with Crippen molar-refractivity contribution in [1.82, 2.24) is 20.1 Å². The normalized spacial score (nSPS) is 13.5. The molecule has 0 bridgehead atoms. The molecule has 0 atom stereocenters. The van der Waals surface area contributed by atoms with Crippen molar-refractivity contribution < 1.29 is 9.53 Å². The summed E-state index contributed by atoms with van der Waals surface area (Å²) in [6.45, 7) is 1.31. The molecule has 3 aromatic rings. The minimum Gasteiger partial charge on any atom is -0.457 e. The molecule has 0 aliphatic carbocycles. The summed E-state index contributed by atoms with van der Waals surface area (Å²) in [6.07, 6.45) is 4.47. The van der Waals surface area contributed by atoms with E-state index in [1.807, 2.05) is 30.3 Å². The lowest BCUT2D eigenvalue weighted by atomic mass is 10.2. The molecule has 4 rings (SSSR count). The van der Waals surface area contributed by atoms with Gasteiger partial charge in [-0.1, -0.05) is 24.6 Å². The smallest absolute Gasteiger partial charge is 0.251 e. The molecule has 27 heavy (non-hydrogen) atoms. The van der Waals surface area contributed by atoms with Crippen molar-refractivity contribution in [2.75, 3.05) is 0 Å². The second-order valence-corrected chi connectivity index (χ2v) is 6.62. The Morgan fingerprint density at radius 2 is 1.74 bits per heavy atom. The summed E-state index contributed by atoms with van der Waals surface area (Å²) in [4.78, 5) is 12.4. The van der Waals surface area contributed by atoms with Gasteiger partial charge < -0.3 is 14.6 Å². The first kappa shape index (κ1) is 17.3. The van der Waals surface area contributed by atoms with Gasteiger partial charge in [-0.2, -0.15) is 0 Å². The van der Waals surface area contributed by atoms with Crippen LogP contribution in [0.4, 0.5) is 0 Å². The Labute approximate surface area is 158 Å². The molecule has 0 radical (unpaired) electrons. The van der Waals surface area contributed by atoms with Gasteiger partial charge in [-0.3, -0.25) is 4.79 Å². The number of para-hydroxylation sites is 1. The number of carbonyl (C=O) groups is 1. The van der Waals surface area contributed by atoms with E-state index in [2.05, 4.69) is 20.1 Å². The Bertz CT molecular complexity index is 904. The molecule has 6 heteroatoms. The third-order valence-corrected chi connectivity index (χ3v) is 4.69. The first-order valence-corrected chi connectivity index (χ1v) is 9.32. The summed E-state index contributed by atoms with van der Waals surface area (Å²) in [5, 5.41) is 11.4. The molecule has 6 nitrogen and oxygen atoms in total. The molecule has 2 heterocycles. The van der Waals surface area contributed by atoms with E-state index in [4.69, 9.17) is 4.74 Å². The third-order valence-electron chi connectivity index (χ3n) is 4.69. The van der Waals surface area contributed by atoms with Gasteiger partial charge in [0.2, 0.25) is 0 Å². The van der Waals surface area contributed by atoms with Crippen molar-refractivity contribution >= 4 is 5.91 Å². The molecule has 0 unspecified atom stereocenters. The van der Waals surface area contributed by atoms with Crippen molar-refractivity contribution in [1.29, 1.82) is 0 Å². The SMILES string of the molecule is O=C(NCc1nnc2n1CCCCC2)c1ccc(Oc2ccccc2)cc1. The van der Waals surface area contributed by atoms with Crippen molar-refractivity contribution in [3.8, 4) is 11.5 Å². The number of rotatable bonds is 5. The zero-order valence-electron chi connectivity index (χ0n) is 15.1.